The smallest absolute Gasteiger partial charge is 0.135 e. The van der Waals surface area contributed by atoms with Crippen LogP contribution in [0.2, 0.25) is 0 Å². The summed E-state index contributed by atoms with van der Waals surface area (Å²) in [6.45, 7) is 0. The zero-order valence-electron chi connectivity index (χ0n) is 23.8. The van der Waals surface area contributed by atoms with Crippen LogP contribution in [0.25, 0.3) is 44.3 Å². The number of aliphatic imine (C=N–C) groups is 1. The zero-order chi connectivity index (χ0) is 28.3. The fourth-order valence-corrected chi connectivity index (χ4v) is 7.08. The molecule has 0 bridgehead atoms. The molecule has 2 nitrogen and oxygen atoms in total. The third kappa shape index (κ3) is 4.06. The van der Waals surface area contributed by atoms with Crippen LogP contribution in [0.1, 0.15) is 46.7 Å². The molecular weight excluding hydrogens is 522 g/mol. The molecule has 2 heteroatoms. The van der Waals surface area contributed by atoms with Gasteiger partial charge in [0.15, 0.2) is 0 Å². The summed E-state index contributed by atoms with van der Waals surface area (Å²) >= 11 is 0. The van der Waals surface area contributed by atoms with Crippen molar-refractivity contribution in [2.45, 2.75) is 25.3 Å². The molecule has 9 rings (SSSR count). The van der Waals surface area contributed by atoms with Gasteiger partial charge in [0.2, 0.25) is 0 Å². The van der Waals surface area contributed by atoms with Crippen LogP contribution in [0, 0.1) is 0 Å². The van der Waals surface area contributed by atoms with Crippen molar-refractivity contribution in [1.29, 1.82) is 0 Å². The maximum Gasteiger partial charge on any atom is 0.135 e. The fourth-order valence-electron chi connectivity index (χ4n) is 7.08. The first-order chi connectivity index (χ1) is 21.3. The van der Waals surface area contributed by atoms with Crippen LogP contribution in [0.15, 0.2) is 132 Å². The summed E-state index contributed by atoms with van der Waals surface area (Å²) in [5, 5.41) is 4.92. The van der Waals surface area contributed by atoms with Gasteiger partial charge in [-0.05, 0) is 99.2 Å². The molecule has 204 valence electrons. The van der Waals surface area contributed by atoms with Crippen molar-refractivity contribution in [3.63, 3.8) is 0 Å². The van der Waals surface area contributed by atoms with E-state index in [9.17, 15) is 0 Å². The van der Waals surface area contributed by atoms with Gasteiger partial charge in [-0.3, -0.25) is 4.99 Å². The second-order valence-corrected chi connectivity index (χ2v) is 11.8. The quantitative estimate of drug-likeness (QED) is 0.214. The number of rotatable bonds is 3. The second-order valence-electron chi connectivity index (χ2n) is 11.8. The molecule has 2 aliphatic heterocycles. The van der Waals surface area contributed by atoms with Gasteiger partial charge in [0.05, 0.1) is 11.8 Å². The lowest BCUT2D eigenvalue weighted by atomic mass is 9.85. The van der Waals surface area contributed by atoms with Gasteiger partial charge in [-0.1, -0.05) is 103 Å². The summed E-state index contributed by atoms with van der Waals surface area (Å²) in [6, 6.07) is 41.7. The first-order valence-electron chi connectivity index (χ1n) is 15.2. The molecule has 0 fully saturated rings. The molecule has 0 N–H and O–H groups in total. The highest BCUT2D eigenvalue weighted by Crippen LogP contribution is 2.49. The van der Waals surface area contributed by atoms with Crippen molar-refractivity contribution in [2.75, 3.05) is 0 Å². The number of fused-ring (bicyclic) bond motifs is 4. The third-order valence-corrected chi connectivity index (χ3v) is 9.24. The topological polar surface area (TPSA) is 21.6 Å². The Morgan fingerprint density at radius 1 is 0.674 bits per heavy atom. The molecule has 2 heterocycles. The van der Waals surface area contributed by atoms with E-state index in [1.54, 1.807) is 0 Å². The summed E-state index contributed by atoms with van der Waals surface area (Å²) in [4.78, 5) is 5.42. The average molecular weight is 552 g/mol. The average Bonchev–Trinajstić information content (AvgIpc) is 3.08. The molecule has 0 amide bonds. The number of allylic oxidation sites excluding steroid dienone is 2. The van der Waals surface area contributed by atoms with Gasteiger partial charge in [0.1, 0.15) is 11.5 Å². The number of ether oxygens (including phenoxy) is 1. The van der Waals surface area contributed by atoms with Gasteiger partial charge in [-0.15, -0.1) is 0 Å². The highest BCUT2D eigenvalue weighted by Gasteiger charge is 2.25. The van der Waals surface area contributed by atoms with Crippen LogP contribution in [0.5, 0.6) is 11.5 Å². The Hall–Kier alpha value is -5.21. The summed E-state index contributed by atoms with van der Waals surface area (Å²) in [5.41, 5.74) is 11.1. The number of dihydropyridines is 1. The van der Waals surface area contributed by atoms with Crippen LogP contribution < -0.4 is 4.74 Å². The Labute approximate surface area is 251 Å². The summed E-state index contributed by atoms with van der Waals surface area (Å²) < 4.78 is 6.42. The Bertz CT molecular complexity index is 2200. The van der Waals surface area contributed by atoms with Crippen molar-refractivity contribution in [3.8, 4) is 22.6 Å². The van der Waals surface area contributed by atoms with Crippen molar-refractivity contribution in [3.05, 3.63) is 155 Å². The van der Waals surface area contributed by atoms with E-state index >= 15 is 0 Å². The maximum atomic E-state index is 6.42. The Morgan fingerprint density at radius 3 is 2.53 bits per heavy atom. The highest BCUT2D eigenvalue weighted by atomic mass is 16.5. The van der Waals surface area contributed by atoms with Crippen LogP contribution >= 0.6 is 0 Å². The fraction of sp³-hybridized carbons (Fsp3) is 0.0976. The van der Waals surface area contributed by atoms with Crippen molar-refractivity contribution < 1.29 is 4.74 Å². The molecular formula is C41H29NO. The summed E-state index contributed by atoms with van der Waals surface area (Å²) in [6.07, 6.45) is 9.92. The number of benzene rings is 6. The van der Waals surface area contributed by atoms with Gasteiger partial charge >= 0.3 is 0 Å². The van der Waals surface area contributed by atoms with Gasteiger partial charge in [0, 0.05) is 16.5 Å². The van der Waals surface area contributed by atoms with Gasteiger partial charge < -0.3 is 4.74 Å². The van der Waals surface area contributed by atoms with Crippen LogP contribution in [-0.2, 0) is 6.42 Å². The van der Waals surface area contributed by atoms with E-state index in [1.807, 2.05) is 6.07 Å². The van der Waals surface area contributed by atoms with Crippen LogP contribution in [-0.4, -0.2) is 5.71 Å². The van der Waals surface area contributed by atoms with Gasteiger partial charge in [-0.25, -0.2) is 0 Å². The predicted molar refractivity (Wildman–Crippen MR) is 179 cm³/mol. The van der Waals surface area contributed by atoms with Gasteiger partial charge in [-0.2, -0.15) is 0 Å². The second kappa shape index (κ2) is 9.68. The lowest BCUT2D eigenvalue weighted by Crippen LogP contribution is -2.11. The molecule has 0 spiro atoms. The van der Waals surface area contributed by atoms with E-state index in [1.165, 1.54) is 60.5 Å². The Morgan fingerprint density at radius 2 is 1.56 bits per heavy atom. The molecule has 1 aliphatic carbocycles. The lowest BCUT2D eigenvalue weighted by molar-refractivity contribution is 0.487. The van der Waals surface area contributed by atoms with E-state index in [0.29, 0.717) is 0 Å². The van der Waals surface area contributed by atoms with Crippen molar-refractivity contribution in [1.82, 2.24) is 0 Å². The van der Waals surface area contributed by atoms with Crippen molar-refractivity contribution >= 4 is 38.9 Å². The normalized spacial score (nSPS) is 16.7. The van der Waals surface area contributed by atoms with Crippen LogP contribution in [0.4, 0.5) is 0 Å². The molecule has 3 aliphatic rings. The maximum absolute atomic E-state index is 6.42. The number of aryl methyl sites for hydroxylation is 1. The first-order valence-corrected chi connectivity index (χ1v) is 15.2. The predicted octanol–water partition coefficient (Wildman–Crippen LogP) is 10.7. The number of hydrogen-bond acceptors (Lipinski definition) is 2. The Kier molecular flexibility index (Phi) is 5.49. The van der Waals surface area contributed by atoms with E-state index in [4.69, 9.17) is 9.73 Å². The van der Waals surface area contributed by atoms with E-state index in [-0.39, 0.29) is 6.04 Å². The molecule has 0 saturated heterocycles. The molecule has 0 saturated carbocycles. The molecule has 43 heavy (non-hydrogen) atoms. The van der Waals surface area contributed by atoms with E-state index in [0.717, 1.165) is 42.0 Å². The number of para-hydroxylation sites is 1. The third-order valence-electron chi connectivity index (χ3n) is 9.24. The van der Waals surface area contributed by atoms with Crippen LogP contribution in [0.3, 0.4) is 0 Å². The zero-order valence-corrected chi connectivity index (χ0v) is 23.8. The molecule has 1 unspecified atom stereocenters. The lowest BCUT2D eigenvalue weighted by Gasteiger charge is -2.26. The molecule has 6 aromatic carbocycles. The minimum Gasteiger partial charge on any atom is -0.456 e. The summed E-state index contributed by atoms with van der Waals surface area (Å²) in [5.74, 6) is 1.84. The Balaban J connectivity index is 1.22. The molecule has 6 aromatic rings. The molecule has 0 aromatic heterocycles. The first kappa shape index (κ1) is 24.4. The standard InChI is InChI=1S/C41H29NO/c1-3-10-28-22-30(18-16-26(28)8-1)37-24-32(25-38(42-37)31-19-17-27-9-2-4-11-29(27)23-31)33-20-21-40-41-35(33)13-7-14-36(41)34-12-5-6-15-39(34)43-40/h1,3-8,10-23,25,37H,2,9,24H2. The molecule has 1 atom stereocenters. The largest absolute Gasteiger partial charge is 0.456 e. The number of hydrogen-bond donors (Lipinski definition) is 0. The van der Waals surface area contributed by atoms with E-state index < -0.39 is 0 Å². The SMILES string of the molecule is C1=Cc2cc(C3=NC(c4ccc5ccccc5c4)CC(c4ccc5c6c(cccc46)-c4ccccc4O5)=C3)ccc2CC1. The number of nitrogens with zero attached hydrogens (tertiary/aromatic N) is 1. The highest BCUT2D eigenvalue weighted by molar-refractivity contribution is 6.16. The molecule has 0 radical (unpaired) electrons. The monoisotopic (exact) mass is 551 g/mol. The summed E-state index contributed by atoms with van der Waals surface area (Å²) in [7, 11) is 0. The minimum atomic E-state index is 0.0222. The minimum absolute atomic E-state index is 0.0222. The van der Waals surface area contributed by atoms with Gasteiger partial charge in [0.25, 0.3) is 0 Å². The van der Waals surface area contributed by atoms with E-state index in [2.05, 4.69) is 127 Å². The van der Waals surface area contributed by atoms with Crippen molar-refractivity contribution in [2.24, 2.45) is 4.99 Å².